The maximum absolute atomic E-state index is 12.7. The van der Waals surface area contributed by atoms with Crippen LogP contribution in [0.5, 0.6) is 0 Å². The number of aromatic nitrogens is 2. The van der Waals surface area contributed by atoms with Crippen LogP contribution in [-0.4, -0.2) is 20.9 Å². The zero-order chi connectivity index (χ0) is 19.5. The lowest BCUT2D eigenvalue weighted by molar-refractivity contribution is -0.117. The van der Waals surface area contributed by atoms with E-state index in [-0.39, 0.29) is 18.0 Å². The first-order chi connectivity index (χ1) is 13.6. The number of amides is 1. The number of carbonyl (C=O) groups is 1. The summed E-state index contributed by atoms with van der Waals surface area (Å²) in [6.45, 7) is 1.75. The van der Waals surface area contributed by atoms with E-state index in [0.717, 1.165) is 21.7 Å². The maximum atomic E-state index is 12.7. The lowest BCUT2D eigenvalue weighted by atomic mass is 10.1. The van der Waals surface area contributed by atoms with Crippen LogP contribution in [0.3, 0.4) is 0 Å². The number of thioether (sulfide) groups is 1. The van der Waals surface area contributed by atoms with Crippen molar-refractivity contribution in [1.82, 2.24) is 9.78 Å². The Morgan fingerprint density at radius 2 is 1.79 bits per heavy atom. The highest BCUT2D eigenvalue weighted by Crippen LogP contribution is 2.37. The number of hydrogen-bond acceptors (Lipinski definition) is 4. The molecule has 0 spiro atoms. The number of nitrogens with zero attached hydrogens (tertiary/aromatic N) is 2. The highest BCUT2D eigenvalue weighted by molar-refractivity contribution is 8.00. The second kappa shape index (κ2) is 8.19. The highest BCUT2D eigenvalue weighted by Gasteiger charge is 2.18. The van der Waals surface area contributed by atoms with Gasteiger partial charge < -0.3 is 5.32 Å². The SMILES string of the molecule is Cc1nn(CC(=O)Nc2ccccc2SC2CCCC2)c(=O)c2ccccc12. The minimum Gasteiger partial charge on any atom is -0.323 e. The molecule has 1 aliphatic rings. The van der Waals surface area contributed by atoms with E-state index in [1.807, 2.05) is 61.2 Å². The zero-order valence-corrected chi connectivity index (χ0v) is 16.7. The molecule has 6 heteroatoms. The molecule has 1 aliphatic carbocycles. The fourth-order valence-corrected chi connectivity index (χ4v) is 5.03. The average Bonchev–Trinajstić information content (AvgIpc) is 3.20. The average molecular weight is 394 g/mol. The number of rotatable bonds is 5. The van der Waals surface area contributed by atoms with Crippen molar-refractivity contribution in [3.05, 3.63) is 64.6 Å². The standard InChI is InChI=1S/C22H23N3O2S/c1-15-17-10-4-5-11-18(17)22(27)25(24-15)14-21(26)23-19-12-6-7-13-20(19)28-16-8-2-3-9-16/h4-7,10-13,16H,2-3,8-9,14H2,1H3,(H,23,26). The fourth-order valence-electron chi connectivity index (χ4n) is 3.70. The summed E-state index contributed by atoms with van der Waals surface area (Å²) in [4.78, 5) is 26.4. The Morgan fingerprint density at radius 1 is 1.11 bits per heavy atom. The summed E-state index contributed by atoms with van der Waals surface area (Å²) in [6, 6.07) is 15.2. The zero-order valence-electron chi connectivity index (χ0n) is 15.9. The molecule has 0 unspecified atom stereocenters. The number of benzene rings is 2. The molecule has 1 N–H and O–H groups in total. The molecule has 1 heterocycles. The van der Waals surface area contributed by atoms with E-state index in [0.29, 0.717) is 10.6 Å². The lowest BCUT2D eigenvalue weighted by Crippen LogP contribution is -2.30. The number of aryl methyl sites for hydroxylation is 1. The molecule has 0 saturated heterocycles. The van der Waals surface area contributed by atoms with Crippen LogP contribution in [0.4, 0.5) is 5.69 Å². The Kier molecular flexibility index (Phi) is 5.48. The molecule has 0 bridgehead atoms. The molecule has 1 saturated carbocycles. The van der Waals surface area contributed by atoms with Crippen molar-refractivity contribution in [3.63, 3.8) is 0 Å². The largest absolute Gasteiger partial charge is 0.323 e. The van der Waals surface area contributed by atoms with Crippen molar-refractivity contribution in [2.24, 2.45) is 0 Å². The second-order valence-corrected chi connectivity index (χ2v) is 8.50. The number of anilines is 1. The Labute approximate surface area is 168 Å². The molecule has 1 fully saturated rings. The molecule has 2 aromatic carbocycles. The smallest absolute Gasteiger partial charge is 0.275 e. The second-order valence-electron chi connectivity index (χ2n) is 7.16. The summed E-state index contributed by atoms with van der Waals surface area (Å²) >= 11 is 1.83. The molecule has 4 rings (SSSR count). The first kappa shape index (κ1) is 18.7. The van der Waals surface area contributed by atoms with Crippen molar-refractivity contribution in [1.29, 1.82) is 0 Å². The quantitative estimate of drug-likeness (QED) is 0.699. The van der Waals surface area contributed by atoms with Gasteiger partial charge in [0.05, 0.1) is 16.8 Å². The number of fused-ring (bicyclic) bond motifs is 1. The summed E-state index contributed by atoms with van der Waals surface area (Å²) < 4.78 is 1.25. The van der Waals surface area contributed by atoms with Crippen LogP contribution in [0.1, 0.15) is 31.4 Å². The van der Waals surface area contributed by atoms with Crippen molar-refractivity contribution >= 4 is 34.1 Å². The first-order valence-corrected chi connectivity index (χ1v) is 10.5. The molecule has 1 aromatic heterocycles. The van der Waals surface area contributed by atoms with Gasteiger partial charge in [-0.25, -0.2) is 4.68 Å². The molecule has 28 heavy (non-hydrogen) atoms. The summed E-state index contributed by atoms with van der Waals surface area (Å²) in [6.07, 6.45) is 5.01. The van der Waals surface area contributed by atoms with Gasteiger partial charge in [-0.15, -0.1) is 11.8 Å². The topological polar surface area (TPSA) is 64.0 Å². The predicted octanol–water partition coefficient (Wildman–Crippen LogP) is 4.38. The molecular weight excluding hydrogens is 370 g/mol. The van der Waals surface area contributed by atoms with Gasteiger partial charge in [0, 0.05) is 15.5 Å². The van der Waals surface area contributed by atoms with E-state index in [4.69, 9.17) is 0 Å². The third kappa shape index (κ3) is 3.97. The third-order valence-electron chi connectivity index (χ3n) is 5.10. The molecule has 0 atom stereocenters. The maximum Gasteiger partial charge on any atom is 0.275 e. The van der Waals surface area contributed by atoms with Crippen LogP contribution in [0.25, 0.3) is 10.8 Å². The van der Waals surface area contributed by atoms with Crippen LogP contribution in [0.2, 0.25) is 0 Å². The number of para-hydroxylation sites is 1. The fraction of sp³-hybridized carbons (Fsp3) is 0.318. The van der Waals surface area contributed by atoms with Gasteiger partial charge in [0.1, 0.15) is 6.54 Å². The van der Waals surface area contributed by atoms with E-state index in [1.165, 1.54) is 30.4 Å². The minimum absolute atomic E-state index is 0.104. The Hall–Kier alpha value is -2.60. The molecule has 144 valence electrons. The van der Waals surface area contributed by atoms with Crippen LogP contribution in [0, 0.1) is 6.92 Å². The van der Waals surface area contributed by atoms with E-state index < -0.39 is 0 Å². The van der Waals surface area contributed by atoms with Gasteiger partial charge in [-0.3, -0.25) is 9.59 Å². The van der Waals surface area contributed by atoms with Crippen molar-refractivity contribution in [2.75, 3.05) is 5.32 Å². The van der Waals surface area contributed by atoms with Gasteiger partial charge in [-0.2, -0.15) is 5.10 Å². The molecule has 0 radical (unpaired) electrons. The Morgan fingerprint density at radius 3 is 2.57 bits per heavy atom. The lowest BCUT2D eigenvalue weighted by Gasteiger charge is -2.14. The van der Waals surface area contributed by atoms with Crippen molar-refractivity contribution in [2.45, 2.75) is 49.3 Å². The van der Waals surface area contributed by atoms with E-state index in [9.17, 15) is 9.59 Å². The number of hydrogen-bond donors (Lipinski definition) is 1. The van der Waals surface area contributed by atoms with Crippen LogP contribution in [0.15, 0.2) is 58.2 Å². The van der Waals surface area contributed by atoms with Gasteiger partial charge in [0.2, 0.25) is 5.91 Å². The minimum atomic E-state index is -0.247. The van der Waals surface area contributed by atoms with Crippen LogP contribution < -0.4 is 10.9 Å². The molecule has 3 aromatic rings. The van der Waals surface area contributed by atoms with Crippen LogP contribution in [-0.2, 0) is 11.3 Å². The van der Waals surface area contributed by atoms with E-state index in [1.54, 1.807) is 6.07 Å². The van der Waals surface area contributed by atoms with E-state index in [2.05, 4.69) is 10.4 Å². The highest BCUT2D eigenvalue weighted by atomic mass is 32.2. The summed E-state index contributed by atoms with van der Waals surface area (Å²) in [5, 5.41) is 9.32. The van der Waals surface area contributed by atoms with Crippen molar-refractivity contribution in [3.8, 4) is 0 Å². The van der Waals surface area contributed by atoms with Gasteiger partial charge in [0.15, 0.2) is 0 Å². The summed E-state index contributed by atoms with van der Waals surface area (Å²) in [5.74, 6) is -0.247. The van der Waals surface area contributed by atoms with Gasteiger partial charge >= 0.3 is 0 Å². The van der Waals surface area contributed by atoms with Gasteiger partial charge in [0.25, 0.3) is 5.56 Å². The molecule has 0 aliphatic heterocycles. The Balaban J connectivity index is 1.53. The number of carbonyl (C=O) groups excluding carboxylic acids is 1. The van der Waals surface area contributed by atoms with Crippen molar-refractivity contribution < 1.29 is 4.79 Å². The molecule has 5 nitrogen and oxygen atoms in total. The normalized spacial score (nSPS) is 14.5. The first-order valence-electron chi connectivity index (χ1n) is 9.64. The third-order valence-corrected chi connectivity index (χ3v) is 6.52. The summed E-state index contributed by atoms with van der Waals surface area (Å²) in [5.41, 5.74) is 1.29. The summed E-state index contributed by atoms with van der Waals surface area (Å²) in [7, 11) is 0. The van der Waals surface area contributed by atoms with Gasteiger partial charge in [-0.05, 0) is 38.0 Å². The van der Waals surface area contributed by atoms with Gasteiger partial charge in [-0.1, -0.05) is 43.2 Å². The predicted molar refractivity (Wildman–Crippen MR) is 114 cm³/mol. The van der Waals surface area contributed by atoms with E-state index >= 15 is 0 Å². The molecular formula is C22H23N3O2S. The van der Waals surface area contributed by atoms with Crippen LogP contribution >= 0.6 is 11.8 Å². The monoisotopic (exact) mass is 393 g/mol. The Bertz CT molecular complexity index is 1070. The number of nitrogens with one attached hydrogen (secondary N) is 1. The molecule has 1 amide bonds.